The smallest absolute Gasteiger partial charge is 0.414 e. The van der Waals surface area contributed by atoms with Crippen LogP contribution in [0.25, 0.3) is 21.9 Å². The van der Waals surface area contributed by atoms with Crippen LogP contribution in [0.1, 0.15) is 5.82 Å². The highest BCUT2D eigenvalue weighted by Crippen LogP contribution is 2.28. The number of ether oxygens (including phenoxy) is 1. The molecule has 0 bridgehead atoms. The van der Waals surface area contributed by atoms with Crippen molar-refractivity contribution in [2.75, 3.05) is 18.0 Å². The zero-order valence-electron chi connectivity index (χ0n) is 12.0. The maximum absolute atomic E-state index is 14.3. The number of hydrogen-bond donors (Lipinski definition) is 0. The van der Waals surface area contributed by atoms with Crippen molar-refractivity contribution in [3.63, 3.8) is 0 Å². The third-order valence-corrected chi connectivity index (χ3v) is 3.24. The average molecular weight is 318 g/mol. The van der Waals surface area contributed by atoms with Crippen molar-refractivity contribution < 1.29 is 18.4 Å². The van der Waals surface area contributed by atoms with E-state index in [9.17, 15) is 9.18 Å². The summed E-state index contributed by atoms with van der Waals surface area (Å²) < 4.78 is 24.2. The number of carbonyl (C=O) groups excluding carboxylic acids is 1. The van der Waals surface area contributed by atoms with Crippen LogP contribution in [0.15, 0.2) is 27.8 Å². The summed E-state index contributed by atoms with van der Waals surface area (Å²) in [6.07, 6.45) is -1.18. The highest BCUT2D eigenvalue weighted by atomic mass is 19.1. The number of cyclic esters (lactones) is 1. The summed E-state index contributed by atoms with van der Waals surface area (Å²) in [4.78, 5) is 19.7. The zero-order chi connectivity index (χ0) is 16.4. The van der Waals surface area contributed by atoms with Gasteiger partial charge in [-0.1, -0.05) is 10.3 Å². The van der Waals surface area contributed by atoms with E-state index in [-0.39, 0.29) is 24.5 Å². The molecule has 0 spiro atoms. The minimum atomic E-state index is -0.621. The monoisotopic (exact) mass is 318 g/mol. The molecule has 10 heteroatoms. The molecule has 1 aromatic carbocycles. The second-order valence-corrected chi connectivity index (χ2v) is 4.84. The van der Waals surface area contributed by atoms with Crippen LogP contribution in [-0.2, 0) is 4.74 Å². The average Bonchev–Trinajstić information content (AvgIpc) is 3.11. The normalized spacial score (nSPS) is 17.0. The summed E-state index contributed by atoms with van der Waals surface area (Å²) in [5.74, 6) is -0.137. The van der Waals surface area contributed by atoms with Crippen LogP contribution >= 0.6 is 0 Å². The number of nitrogens with zero attached hydrogens (tertiary/aromatic N) is 6. The lowest BCUT2D eigenvalue weighted by molar-refractivity contribution is 0.145. The van der Waals surface area contributed by atoms with Crippen LogP contribution in [0.5, 0.6) is 0 Å². The zero-order valence-corrected chi connectivity index (χ0v) is 12.0. The fourth-order valence-corrected chi connectivity index (χ4v) is 2.21. The van der Waals surface area contributed by atoms with E-state index in [2.05, 4.69) is 20.2 Å². The van der Waals surface area contributed by atoms with Gasteiger partial charge in [0.2, 0.25) is 0 Å². The van der Waals surface area contributed by atoms with Gasteiger partial charge in [0, 0.05) is 4.91 Å². The second kappa shape index (κ2) is 5.93. The first-order chi connectivity index (χ1) is 11.1. The molecule has 1 amide bonds. The quantitative estimate of drug-likeness (QED) is 0.488. The van der Waals surface area contributed by atoms with Gasteiger partial charge in [-0.3, -0.25) is 4.90 Å². The van der Waals surface area contributed by atoms with Gasteiger partial charge in [-0.15, -0.1) is 0 Å². The molecule has 2 heterocycles. The lowest BCUT2D eigenvalue weighted by Gasteiger charge is -2.13. The molecule has 2 aromatic rings. The van der Waals surface area contributed by atoms with Crippen molar-refractivity contribution in [2.45, 2.75) is 13.0 Å². The third kappa shape index (κ3) is 2.92. The number of benzene rings is 1. The molecule has 1 saturated heterocycles. The summed E-state index contributed by atoms with van der Waals surface area (Å²) in [7, 11) is 0. The number of carbonyl (C=O) groups is 1. The Morgan fingerprint density at radius 1 is 1.57 bits per heavy atom. The van der Waals surface area contributed by atoms with E-state index in [1.54, 1.807) is 13.0 Å². The number of hydrogen-bond acceptors (Lipinski definition) is 6. The molecule has 23 heavy (non-hydrogen) atoms. The van der Waals surface area contributed by atoms with Gasteiger partial charge in [0.15, 0.2) is 5.82 Å². The van der Waals surface area contributed by atoms with Crippen LogP contribution in [0.4, 0.5) is 14.9 Å². The Balaban J connectivity index is 1.83. The van der Waals surface area contributed by atoms with Gasteiger partial charge in [-0.2, -0.15) is 4.98 Å². The lowest BCUT2D eigenvalue weighted by Crippen LogP contribution is -2.25. The Morgan fingerprint density at radius 3 is 3.04 bits per heavy atom. The molecule has 1 aromatic heterocycles. The lowest BCUT2D eigenvalue weighted by atomic mass is 10.1. The molecular formula is C13H11FN6O3. The van der Waals surface area contributed by atoms with E-state index >= 15 is 0 Å². The Hall–Kier alpha value is -3.13. The Morgan fingerprint density at radius 2 is 2.39 bits per heavy atom. The molecule has 0 N–H and O–H groups in total. The van der Waals surface area contributed by atoms with Crippen LogP contribution in [0, 0.1) is 12.7 Å². The number of halogens is 1. The fraction of sp³-hybridized carbons (Fsp3) is 0.308. The predicted molar refractivity (Wildman–Crippen MR) is 76.1 cm³/mol. The van der Waals surface area contributed by atoms with Gasteiger partial charge < -0.3 is 9.26 Å². The van der Waals surface area contributed by atoms with Gasteiger partial charge >= 0.3 is 6.09 Å². The molecule has 1 atom stereocenters. The molecule has 9 nitrogen and oxygen atoms in total. The number of amides is 1. The first-order valence-electron chi connectivity index (χ1n) is 6.67. The molecule has 118 valence electrons. The van der Waals surface area contributed by atoms with Crippen LogP contribution < -0.4 is 4.90 Å². The minimum Gasteiger partial charge on any atom is -0.444 e. The molecule has 0 saturated carbocycles. The van der Waals surface area contributed by atoms with Crippen molar-refractivity contribution in [1.29, 1.82) is 0 Å². The standard InChI is InChI=1S/C13H11FN6O3/c1-7-17-12(23-18-7)10-3-2-8(4-11(10)14)20-6-9(5-16-19-15)22-13(20)21/h2-4,9H,5-6H2,1H3. The van der Waals surface area contributed by atoms with Gasteiger partial charge in [-0.05, 0) is 30.7 Å². The highest BCUT2D eigenvalue weighted by molar-refractivity contribution is 5.90. The maximum Gasteiger partial charge on any atom is 0.414 e. The number of aromatic nitrogens is 2. The minimum absolute atomic E-state index is 0.0283. The van der Waals surface area contributed by atoms with E-state index in [0.717, 1.165) is 0 Å². The van der Waals surface area contributed by atoms with E-state index in [1.807, 2.05) is 0 Å². The first-order valence-corrected chi connectivity index (χ1v) is 6.67. The maximum atomic E-state index is 14.3. The molecule has 1 aliphatic rings. The largest absolute Gasteiger partial charge is 0.444 e. The first kappa shape index (κ1) is 14.8. The fourth-order valence-electron chi connectivity index (χ4n) is 2.21. The molecule has 3 rings (SSSR count). The van der Waals surface area contributed by atoms with Crippen molar-refractivity contribution in [1.82, 2.24) is 10.1 Å². The van der Waals surface area contributed by atoms with Crippen LogP contribution in [0.2, 0.25) is 0 Å². The predicted octanol–water partition coefficient (Wildman–Crippen LogP) is 2.82. The number of anilines is 1. The van der Waals surface area contributed by atoms with Crippen LogP contribution in [-0.4, -0.2) is 35.4 Å². The van der Waals surface area contributed by atoms with E-state index in [1.165, 1.54) is 17.0 Å². The van der Waals surface area contributed by atoms with Gasteiger partial charge in [0.05, 0.1) is 24.3 Å². The molecule has 1 fully saturated rings. The Labute approximate surface area is 129 Å². The van der Waals surface area contributed by atoms with E-state index < -0.39 is 18.0 Å². The van der Waals surface area contributed by atoms with Crippen molar-refractivity contribution in [3.05, 3.63) is 40.3 Å². The number of azide groups is 1. The van der Waals surface area contributed by atoms with E-state index in [0.29, 0.717) is 11.5 Å². The molecule has 0 radical (unpaired) electrons. The number of aryl methyl sites for hydroxylation is 1. The van der Waals surface area contributed by atoms with Gasteiger partial charge in [0.25, 0.3) is 5.89 Å². The second-order valence-electron chi connectivity index (χ2n) is 4.84. The summed E-state index contributed by atoms with van der Waals surface area (Å²) in [6.45, 7) is 1.83. The molecule has 0 aliphatic carbocycles. The molecule has 1 unspecified atom stereocenters. The Kier molecular flexibility index (Phi) is 3.82. The summed E-state index contributed by atoms with van der Waals surface area (Å²) in [6, 6.07) is 4.19. The third-order valence-electron chi connectivity index (χ3n) is 3.24. The summed E-state index contributed by atoms with van der Waals surface area (Å²) in [5.41, 5.74) is 8.76. The summed E-state index contributed by atoms with van der Waals surface area (Å²) >= 11 is 0. The van der Waals surface area contributed by atoms with Crippen molar-refractivity contribution in [3.8, 4) is 11.5 Å². The van der Waals surface area contributed by atoms with Gasteiger partial charge in [0.1, 0.15) is 11.9 Å². The van der Waals surface area contributed by atoms with Crippen molar-refractivity contribution in [2.24, 2.45) is 5.11 Å². The molecule has 1 aliphatic heterocycles. The number of rotatable bonds is 4. The summed E-state index contributed by atoms with van der Waals surface area (Å²) in [5, 5.41) is 6.97. The topological polar surface area (TPSA) is 117 Å². The van der Waals surface area contributed by atoms with Gasteiger partial charge in [-0.25, -0.2) is 9.18 Å². The Bertz CT molecular complexity index is 801. The SMILES string of the molecule is Cc1noc(-c2ccc(N3CC(CN=[N+]=[N-])OC3=O)cc2F)n1. The van der Waals surface area contributed by atoms with Crippen LogP contribution in [0.3, 0.4) is 0 Å². The van der Waals surface area contributed by atoms with Crippen molar-refractivity contribution >= 4 is 11.8 Å². The van der Waals surface area contributed by atoms with E-state index in [4.69, 9.17) is 14.8 Å². The highest BCUT2D eigenvalue weighted by Gasteiger charge is 2.32. The molecular weight excluding hydrogens is 307 g/mol.